The first-order chi connectivity index (χ1) is 10.4. The topological polar surface area (TPSA) is 111 Å². The third-order valence-electron chi connectivity index (χ3n) is 2.57. The third-order valence-corrected chi connectivity index (χ3v) is 4.53. The first-order valence-corrected chi connectivity index (χ1v) is 7.49. The number of thioether (sulfide) groups is 1. The maximum atomic E-state index is 11.5. The van der Waals surface area contributed by atoms with Crippen LogP contribution in [0.15, 0.2) is 22.3 Å². The van der Waals surface area contributed by atoms with Gasteiger partial charge >= 0.3 is 5.97 Å². The molecule has 1 unspecified atom stereocenters. The van der Waals surface area contributed by atoms with Gasteiger partial charge in [-0.1, -0.05) is 35.0 Å². The van der Waals surface area contributed by atoms with Crippen LogP contribution in [0.3, 0.4) is 0 Å². The highest BCUT2D eigenvalue weighted by molar-refractivity contribution is 8.15. The van der Waals surface area contributed by atoms with Crippen molar-refractivity contribution in [2.45, 2.75) is 11.7 Å². The van der Waals surface area contributed by atoms with Gasteiger partial charge in [-0.25, -0.2) is 0 Å². The molecule has 116 valence electrons. The van der Waals surface area contributed by atoms with Gasteiger partial charge in [-0.2, -0.15) is 5.10 Å². The Bertz CT molecular complexity index is 693. The molecule has 1 saturated heterocycles. The normalized spacial score (nSPS) is 19.8. The van der Waals surface area contributed by atoms with Crippen molar-refractivity contribution in [1.29, 1.82) is 0 Å². The molecular formula is C12H9Cl2N3O4S. The Morgan fingerprint density at radius 2 is 2.14 bits per heavy atom. The van der Waals surface area contributed by atoms with Gasteiger partial charge in [0, 0.05) is 5.56 Å². The minimum absolute atomic E-state index is 0.00309. The van der Waals surface area contributed by atoms with Crippen LogP contribution >= 0.6 is 35.0 Å². The first-order valence-electron chi connectivity index (χ1n) is 5.85. The molecule has 0 spiro atoms. The zero-order valence-corrected chi connectivity index (χ0v) is 13.1. The Hall–Kier alpha value is -1.77. The fraction of sp³-hybridized carbons (Fsp3) is 0.167. The predicted molar refractivity (Wildman–Crippen MR) is 84.9 cm³/mol. The number of carbonyl (C=O) groups is 2. The Kier molecular flexibility index (Phi) is 5.28. The number of rotatable bonds is 4. The van der Waals surface area contributed by atoms with Crippen LogP contribution in [-0.4, -0.2) is 38.7 Å². The summed E-state index contributed by atoms with van der Waals surface area (Å²) in [5.41, 5.74) is 0.435. The zero-order chi connectivity index (χ0) is 16.3. The molecule has 22 heavy (non-hydrogen) atoms. The number of carboxylic acids is 1. The van der Waals surface area contributed by atoms with Gasteiger partial charge in [-0.3, -0.25) is 9.59 Å². The molecule has 1 fully saturated rings. The van der Waals surface area contributed by atoms with Crippen LogP contribution in [0.1, 0.15) is 12.0 Å². The molecule has 3 N–H and O–H groups in total. The molecule has 0 radical (unpaired) electrons. The summed E-state index contributed by atoms with van der Waals surface area (Å²) in [5.74, 6) is -1.64. The molecule has 1 amide bonds. The molecule has 2 rings (SSSR count). The molecule has 7 nitrogen and oxygen atoms in total. The van der Waals surface area contributed by atoms with Crippen molar-refractivity contribution in [1.82, 2.24) is 5.32 Å². The van der Waals surface area contributed by atoms with E-state index in [9.17, 15) is 14.7 Å². The lowest BCUT2D eigenvalue weighted by molar-refractivity contribution is -0.138. The monoisotopic (exact) mass is 361 g/mol. The molecule has 1 atom stereocenters. The molecule has 0 aromatic heterocycles. The fourth-order valence-electron chi connectivity index (χ4n) is 1.54. The SMILES string of the molecule is O=C(O)CC1SC(=NN=Cc2ccc(O)c(Cl)c2Cl)NC1=O. The number of phenolic OH excluding ortho intramolecular Hbond substituents is 1. The smallest absolute Gasteiger partial charge is 0.305 e. The van der Waals surface area contributed by atoms with Gasteiger partial charge in [0.05, 0.1) is 17.7 Å². The van der Waals surface area contributed by atoms with E-state index in [1.165, 1.54) is 18.3 Å². The van der Waals surface area contributed by atoms with Crippen molar-refractivity contribution in [2.24, 2.45) is 10.2 Å². The van der Waals surface area contributed by atoms with Crippen molar-refractivity contribution >= 4 is 58.2 Å². The number of phenols is 1. The lowest BCUT2D eigenvalue weighted by Gasteiger charge is -2.01. The van der Waals surface area contributed by atoms with Crippen molar-refractivity contribution in [3.05, 3.63) is 27.7 Å². The summed E-state index contributed by atoms with van der Waals surface area (Å²) < 4.78 is 0. The van der Waals surface area contributed by atoms with E-state index in [0.717, 1.165) is 11.8 Å². The standard InChI is InChI=1S/C12H9Cl2N3O4S/c13-9-5(1-2-6(18)10(9)14)4-15-17-12-16-11(21)7(22-12)3-8(19)20/h1-2,4,7,18H,3H2,(H,19,20)(H,16,17,21). The second-order valence-electron chi connectivity index (χ2n) is 4.15. The Morgan fingerprint density at radius 1 is 1.41 bits per heavy atom. The summed E-state index contributed by atoms with van der Waals surface area (Å²) in [5, 5.41) is 27.6. The highest BCUT2D eigenvalue weighted by Gasteiger charge is 2.32. The number of hydrogen-bond acceptors (Lipinski definition) is 6. The van der Waals surface area contributed by atoms with Gasteiger partial charge in [0.2, 0.25) is 5.91 Å². The van der Waals surface area contributed by atoms with Gasteiger partial charge in [-0.05, 0) is 12.1 Å². The van der Waals surface area contributed by atoms with Crippen LogP contribution in [0.25, 0.3) is 0 Å². The van der Waals surface area contributed by atoms with Crippen LogP contribution in [0.5, 0.6) is 5.75 Å². The molecule has 1 aliphatic rings. The third kappa shape index (κ3) is 3.90. The Labute approximate surface area is 139 Å². The molecule has 1 aliphatic heterocycles. The van der Waals surface area contributed by atoms with E-state index in [1.54, 1.807) is 0 Å². The zero-order valence-electron chi connectivity index (χ0n) is 10.8. The lowest BCUT2D eigenvalue weighted by Crippen LogP contribution is -2.26. The molecule has 0 saturated carbocycles. The van der Waals surface area contributed by atoms with Gasteiger partial charge < -0.3 is 15.5 Å². The van der Waals surface area contributed by atoms with Gasteiger partial charge in [0.15, 0.2) is 5.17 Å². The van der Waals surface area contributed by atoms with Crippen molar-refractivity contribution in [3.63, 3.8) is 0 Å². The maximum absolute atomic E-state index is 11.5. The second kappa shape index (κ2) is 6.99. The summed E-state index contributed by atoms with van der Waals surface area (Å²) in [6.07, 6.45) is 1.01. The van der Waals surface area contributed by atoms with Crippen LogP contribution in [0.4, 0.5) is 0 Å². The number of benzene rings is 1. The molecule has 0 aliphatic carbocycles. The largest absolute Gasteiger partial charge is 0.506 e. The predicted octanol–water partition coefficient (Wildman–Crippen LogP) is 2.10. The number of halogens is 2. The van der Waals surface area contributed by atoms with Crippen LogP contribution in [-0.2, 0) is 9.59 Å². The van der Waals surface area contributed by atoms with Crippen molar-refractivity contribution < 1.29 is 19.8 Å². The number of aliphatic carboxylic acids is 1. The number of nitrogens with one attached hydrogen (secondary N) is 1. The minimum Gasteiger partial charge on any atom is -0.506 e. The Balaban J connectivity index is 2.08. The molecule has 1 heterocycles. The number of amidine groups is 1. The highest BCUT2D eigenvalue weighted by Crippen LogP contribution is 2.33. The summed E-state index contributed by atoms with van der Waals surface area (Å²) >= 11 is 12.7. The van der Waals surface area contributed by atoms with Crippen LogP contribution in [0.2, 0.25) is 10.0 Å². The summed E-state index contributed by atoms with van der Waals surface area (Å²) in [7, 11) is 0. The number of nitrogens with zero attached hydrogens (tertiary/aromatic N) is 2. The number of hydrogen-bond donors (Lipinski definition) is 3. The van der Waals surface area contributed by atoms with E-state index in [2.05, 4.69) is 15.5 Å². The van der Waals surface area contributed by atoms with E-state index in [4.69, 9.17) is 28.3 Å². The average molecular weight is 362 g/mol. The van der Waals surface area contributed by atoms with Crippen LogP contribution in [0, 0.1) is 0 Å². The molecule has 0 bridgehead atoms. The quantitative estimate of drug-likeness (QED) is 0.561. The van der Waals surface area contributed by atoms with E-state index >= 15 is 0 Å². The van der Waals surface area contributed by atoms with Gasteiger partial charge in [0.1, 0.15) is 16.0 Å². The number of carboxylic acid groups (broad SMARTS) is 1. The van der Waals surface area contributed by atoms with E-state index < -0.39 is 17.1 Å². The maximum Gasteiger partial charge on any atom is 0.305 e. The van der Waals surface area contributed by atoms with E-state index in [-0.39, 0.29) is 27.4 Å². The highest BCUT2D eigenvalue weighted by atomic mass is 35.5. The van der Waals surface area contributed by atoms with E-state index in [1.807, 2.05) is 0 Å². The van der Waals surface area contributed by atoms with Gasteiger partial charge in [0.25, 0.3) is 0 Å². The number of aromatic hydroxyl groups is 1. The van der Waals surface area contributed by atoms with Crippen molar-refractivity contribution in [2.75, 3.05) is 0 Å². The average Bonchev–Trinajstić information content (AvgIpc) is 2.78. The van der Waals surface area contributed by atoms with Gasteiger partial charge in [-0.15, -0.1) is 5.10 Å². The number of carbonyl (C=O) groups excluding carboxylic acids is 1. The molecule has 10 heteroatoms. The van der Waals surface area contributed by atoms with Crippen LogP contribution < -0.4 is 5.32 Å². The van der Waals surface area contributed by atoms with Crippen molar-refractivity contribution in [3.8, 4) is 5.75 Å². The summed E-state index contributed by atoms with van der Waals surface area (Å²) in [4.78, 5) is 22.1. The lowest BCUT2D eigenvalue weighted by atomic mass is 10.2. The summed E-state index contributed by atoms with van der Waals surface area (Å²) in [6.45, 7) is 0. The molecule has 1 aromatic carbocycles. The minimum atomic E-state index is -1.07. The summed E-state index contributed by atoms with van der Waals surface area (Å²) in [6, 6.07) is 2.86. The molecular weight excluding hydrogens is 353 g/mol. The Morgan fingerprint density at radius 3 is 2.82 bits per heavy atom. The first kappa shape index (κ1) is 16.6. The van der Waals surface area contributed by atoms with E-state index in [0.29, 0.717) is 5.56 Å². The number of amides is 1. The fourth-order valence-corrected chi connectivity index (χ4v) is 2.84. The molecule has 1 aromatic rings. The second-order valence-corrected chi connectivity index (χ2v) is 6.09.